The predicted octanol–water partition coefficient (Wildman–Crippen LogP) is 1.99. The summed E-state index contributed by atoms with van der Waals surface area (Å²) in [5, 5.41) is 6.40. The first kappa shape index (κ1) is 22.9. The SMILES string of the molecule is CN=C(NCc1cccc(NC(=O)CN(C)C)c1)N1CCC2(CCOC2)C1.I. The van der Waals surface area contributed by atoms with Gasteiger partial charge in [-0.15, -0.1) is 24.0 Å². The lowest BCUT2D eigenvalue weighted by atomic mass is 9.87. The second-order valence-corrected chi connectivity index (χ2v) is 7.86. The Bertz CT molecular complexity index is 689. The smallest absolute Gasteiger partial charge is 0.238 e. The Hall–Kier alpha value is -1.39. The van der Waals surface area contributed by atoms with Crippen molar-refractivity contribution in [3.05, 3.63) is 29.8 Å². The number of halogens is 1. The number of likely N-dealkylation sites (N-methyl/N-ethyl adjacent to an activating group) is 1. The van der Waals surface area contributed by atoms with Gasteiger partial charge in [0, 0.05) is 44.4 Å². The number of amides is 1. The van der Waals surface area contributed by atoms with Gasteiger partial charge in [0.25, 0.3) is 0 Å². The Kier molecular flexibility index (Phi) is 8.51. The molecule has 2 saturated heterocycles. The van der Waals surface area contributed by atoms with Crippen molar-refractivity contribution in [2.45, 2.75) is 19.4 Å². The van der Waals surface area contributed by atoms with Crippen molar-refractivity contribution in [3.63, 3.8) is 0 Å². The van der Waals surface area contributed by atoms with Crippen LogP contribution >= 0.6 is 24.0 Å². The molecule has 156 valence electrons. The van der Waals surface area contributed by atoms with Crippen molar-refractivity contribution in [1.82, 2.24) is 15.1 Å². The second-order valence-electron chi connectivity index (χ2n) is 7.86. The maximum absolute atomic E-state index is 11.9. The molecule has 2 N–H and O–H groups in total. The molecule has 1 spiro atoms. The van der Waals surface area contributed by atoms with E-state index in [0.717, 1.165) is 49.9 Å². The lowest BCUT2D eigenvalue weighted by Gasteiger charge is -2.25. The average Bonchev–Trinajstić information content (AvgIpc) is 3.25. The summed E-state index contributed by atoms with van der Waals surface area (Å²) in [5.74, 6) is 0.919. The molecule has 7 nitrogen and oxygen atoms in total. The predicted molar refractivity (Wildman–Crippen MR) is 123 cm³/mol. The molecule has 2 fully saturated rings. The minimum atomic E-state index is -0.0120. The number of anilines is 1. The van der Waals surface area contributed by atoms with E-state index in [4.69, 9.17) is 4.74 Å². The van der Waals surface area contributed by atoms with Gasteiger partial charge in [-0.05, 0) is 44.6 Å². The van der Waals surface area contributed by atoms with Crippen LogP contribution in [0.5, 0.6) is 0 Å². The molecular formula is C20H32IN5O2. The molecular weight excluding hydrogens is 469 g/mol. The fourth-order valence-electron chi connectivity index (χ4n) is 3.85. The van der Waals surface area contributed by atoms with E-state index >= 15 is 0 Å². The van der Waals surface area contributed by atoms with Crippen LogP contribution in [0.4, 0.5) is 5.69 Å². The van der Waals surface area contributed by atoms with Crippen LogP contribution in [0.1, 0.15) is 18.4 Å². The molecule has 1 aromatic carbocycles. The average molecular weight is 501 g/mol. The number of guanidine groups is 1. The first-order valence-corrected chi connectivity index (χ1v) is 9.57. The van der Waals surface area contributed by atoms with Crippen LogP contribution in [0, 0.1) is 5.41 Å². The highest BCUT2D eigenvalue weighted by Gasteiger charge is 2.42. The van der Waals surface area contributed by atoms with E-state index in [1.165, 1.54) is 6.42 Å². The minimum Gasteiger partial charge on any atom is -0.381 e. The van der Waals surface area contributed by atoms with E-state index in [1.54, 1.807) is 0 Å². The Morgan fingerprint density at radius 3 is 2.86 bits per heavy atom. The van der Waals surface area contributed by atoms with Gasteiger partial charge >= 0.3 is 0 Å². The van der Waals surface area contributed by atoms with E-state index in [-0.39, 0.29) is 29.9 Å². The molecule has 2 aliphatic heterocycles. The summed E-state index contributed by atoms with van der Waals surface area (Å²) >= 11 is 0. The largest absolute Gasteiger partial charge is 0.381 e. The summed E-state index contributed by atoms with van der Waals surface area (Å²) in [6.07, 6.45) is 2.32. The van der Waals surface area contributed by atoms with Crippen LogP contribution in [-0.4, -0.2) is 75.7 Å². The standard InChI is InChI=1S/C20H31N5O2.HI/c1-21-19(25-9-7-20(14-25)8-10-27-15-20)22-12-16-5-4-6-17(11-16)23-18(26)13-24(2)3;/h4-6,11H,7-10,12-15H2,1-3H3,(H,21,22)(H,23,26);1H. The molecule has 0 radical (unpaired) electrons. The van der Waals surface area contributed by atoms with Gasteiger partial charge in [-0.25, -0.2) is 0 Å². The maximum atomic E-state index is 11.9. The van der Waals surface area contributed by atoms with Crippen molar-refractivity contribution in [2.75, 3.05) is 59.3 Å². The van der Waals surface area contributed by atoms with Gasteiger partial charge in [0.1, 0.15) is 0 Å². The van der Waals surface area contributed by atoms with E-state index in [2.05, 4.69) is 26.6 Å². The quantitative estimate of drug-likeness (QED) is 0.367. The first-order valence-electron chi connectivity index (χ1n) is 9.57. The van der Waals surface area contributed by atoms with E-state index in [0.29, 0.717) is 18.5 Å². The number of aliphatic imine (C=N–C) groups is 1. The van der Waals surface area contributed by atoms with Crippen LogP contribution in [-0.2, 0) is 16.1 Å². The summed E-state index contributed by atoms with van der Waals surface area (Å²) in [4.78, 5) is 20.6. The molecule has 1 aromatic rings. The molecule has 0 saturated carbocycles. The van der Waals surface area contributed by atoms with Crippen LogP contribution in [0.25, 0.3) is 0 Å². The Labute approximate surface area is 184 Å². The molecule has 0 aromatic heterocycles. The number of ether oxygens (including phenoxy) is 1. The number of carbonyl (C=O) groups is 1. The summed E-state index contributed by atoms with van der Waals surface area (Å²) in [7, 11) is 5.59. The van der Waals surface area contributed by atoms with E-state index < -0.39 is 0 Å². The van der Waals surface area contributed by atoms with Gasteiger partial charge in [-0.2, -0.15) is 0 Å². The van der Waals surface area contributed by atoms with Crippen LogP contribution in [0.2, 0.25) is 0 Å². The van der Waals surface area contributed by atoms with Crippen molar-refractivity contribution in [2.24, 2.45) is 10.4 Å². The third-order valence-corrected chi connectivity index (χ3v) is 5.26. The van der Waals surface area contributed by atoms with Gasteiger partial charge in [-0.1, -0.05) is 12.1 Å². The Morgan fingerprint density at radius 1 is 1.36 bits per heavy atom. The summed E-state index contributed by atoms with van der Waals surface area (Å²) in [5.41, 5.74) is 2.24. The van der Waals surface area contributed by atoms with Crippen molar-refractivity contribution in [1.29, 1.82) is 0 Å². The number of benzene rings is 1. The third kappa shape index (κ3) is 6.05. The topological polar surface area (TPSA) is 69.2 Å². The van der Waals surface area contributed by atoms with Crippen LogP contribution in [0.15, 0.2) is 29.3 Å². The molecule has 0 bridgehead atoms. The van der Waals surface area contributed by atoms with Gasteiger partial charge in [0.2, 0.25) is 5.91 Å². The second kappa shape index (κ2) is 10.4. The monoisotopic (exact) mass is 501 g/mol. The normalized spacial score (nSPS) is 21.9. The van der Waals surface area contributed by atoms with E-state index in [1.807, 2.05) is 44.2 Å². The molecule has 8 heteroatoms. The number of nitrogens with one attached hydrogen (secondary N) is 2. The fraction of sp³-hybridized carbons (Fsp3) is 0.600. The molecule has 1 amide bonds. The van der Waals surface area contributed by atoms with Crippen molar-refractivity contribution in [3.8, 4) is 0 Å². The van der Waals surface area contributed by atoms with Crippen molar-refractivity contribution < 1.29 is 9.53 Å². The fourth-order valence-corrected chi connectivity index (χ4v) is 3.85. The number of nitrogens with zero attached hydrogens (tertiary/aromatic N) is 3. The summed E-state index contributed by atoms with van der Waals surface area (Å²) < 4.78 is 5.62. The van der Waals surface area contributed by atoms with Gasteiger partial charge < -0.3 is 25.2 Å². The zero-order valence-corrected chi connectivity index (χ0v) is 19.4. The highest BCUT2D eigenvalue weighted by Crippen LogP contribution is 2.38. The number of hydrogen-bond acceptors (Lipinski definition) is 4. The lowest BCUT2D eigenvalue weighted by molar-refractivity contribution is -0.116. The zero-order chi connectivity index (χ0) is 19.3. The molecule has 1 unspecified atom stereocenters. The van der Waals surface area contributed by atoms with E-state index in [9.17, 15) is 4.79 Å². The third-order valence-electron chi connectivity index (χ3n) is 5.26. The molecule has 2 aliphatic rings. The summed E-state index contributed by atoms with van der Waals surface area (Å²) in [6.45, 7) is 4.82. The molecule has 3 rings (SSSR count). The van der Waals surface area contributed by atoms with Crippen LogP contribution < -0.4 is 10.6 Å². The molecule has 2 heterocycles. The zero-order valence-electron chi connectivity index (χ0n) is 17.0. The highest BCUT2D eigenvalue weighted by molar-refractivity contribution is 14.0. The molecule has 0 aliphatic carbocycles. The maximum Gasteiger partial charge on any atom is 0.238 e. The first-order chi connectivity index (χ1) is 13.0. The summed E-state index contributed by atoms with van der Waals surface area (Å²) in [6, 6.07) is 7.93. The Balaban J connectivity index is 0.00000280. The minimum absolute atomic E-state index is 0. The van der Waals surface area contributed by atoms with Crippen molar-refractivity contribution >= 4 is 41.5 Å². The van der Waals surface area contributed by atoms with Crippen LogP contribution in [0.3, 0.4) is 0 Å². The molecule has 1 atom stereocenters. The Morgan fingerprint density at radius 2 is 2.18 bits per heavy atom. The lowest BCUT2D eigenvalue weighted by Crippen LogP contribution is -2.41. The van der Waals surface area contributed by atoms with Gasteiger partial charge in [0.15, 0.2) is 5.96 Å². The number of hydrogen-bond donors (Lipinski definition) is 2. The molecule has 28 heavy (non-hydrogen) atoms. The number of rotatable bonds is 5. The van der Waals surface area contributed by atoms with Gasteiger partial charge in [-0.3, -0.25) is 9.79 Å². The number of carbonyl (C=O) groups excluding carboxylic acids is 1. The van der Waals surface area contributed by atoms with Gasteiger partial charge in [0.05, 0.1) is 13.2 Å². The highest BCUT2D eigenvalue weighted by atomic mass is 127. The number of likely N-dealkylation sites (tertiary alicyclic amines) is 1.